The lowest BCUT2D eigenvalue weighted by Crippen LogP contribution is -2.51. The molecule has 1 saturated heterocycles. The quantitative estimate of drug-likeness (QED) is 0.858. The fourth-order valence-corrected chi connectivity index (χ4v) is 3.28. The predicted octanol–water partition coefficient (Wildman–Crippen LogP) is 2.52. The second-order valence-electron chi connectivity index (χ2n) is 6.20. The number of benzene rings is 1. The second-order valence-corrected chi connectivity index (χ2v) is 6.63. The van der Waals surface area contributed by atoms with E-state index in [1.807, 2.05) is 29.2 Å². The summed E-state index contributed by atoms with van der Waals surface area (Å²) in [6.45, 7) is 4.13. The van der Waals surface area contributed by atoms with Gasteiger partial charge in [-0.05, 0) is 36.5 Å². The Balaban J connectivity index is 1.71. The van der Waals surface area contributed by atoms with Gasteiger partial charge in [0.05, 0.1) is 5.92 Å². The van der Waals surface area contributed by atoms with Gasteiger partial charge in [0.2, 0.25) is 11.8 Å². The highest BCUT2D eigenvalue weighted by atomic mass is 35.5. The molecule has 0 spiro atoms. The Morgan fingerprint density at radius 3 is 2.09 bits per heavy atom. The molecule has 1 saturated carbocycles. The van der Waals surface area contributed by atoms with Crippen molar-refractivity contribution < 1.29 is 9.59 Å². The molecule has 1 aliphatic carbocycles. The van der Waals surface area contributed by atoms with Gasteiger partial charge in [-0.1, -0.05) is 23.7 Å². The minimum absolute atomic E-state index is 0.0545. The highest BCUT2D eigenvalue weighted by Crippen LogP contribution is 2.43. The van der Waals surface area contributed by atoms with Crippen LogP contribution in [0.4, 0.5) is 0 Å². The molecule has 1 atom stereocenters. The van der Waals surface area contributed by atoms with E-state index in [0.717, 1.165) is 18.4 Å². The summed E-state index contributed by atoms with van der Waals surface area (Å²) in [6, 6.07) is 7.64. The molecule has 1 unspecified atom stereocenters. The van der Waals surface area contributed by atoms with Crippen LogP contribution in [0.15, 0.2) is 24.3 Å². The summed E-state index contributed by atoms with van der Waals surface area (Å²) in [6.07, 6.45) is 2.24. The van der Waals surface area contributed by atoms with Crippen molar-refractivity contribution >= 4 is 23.4 Å². The van der Waals surface area contributed by atoms with Gasteiger partial charge in [0.25, 0.3) is 0 Å². The average molecular weight is 321 g/mol. The summed E-state index contributed by atoms with van der Waals surface area (Å²) >= 11 is 5.95. The first-order valence-corrected chi connectivity index (χ1v) is 8.24. The van der Waals surface area contributed by atoms with Crippen LogP contribution in [0.3, 0.4) is 0 Å². The SMILES string of the molecule is CC(=O)N1CCN(C(=O)C(c2ccc(Cl)cc2)C2CC2)CC1. The van der Waals surface area contributed by atoms with Crippen LogP contribution in [0.25, 0.3) is 0 Å². The van der Waals surface area contributed by atoms with Gasteiger partial charge in [0, 0.05) is 38.1 Å². The van der Waals surface area contributed by atoms with Crippen molar-refractivity contribution in [3.63, 3.8) is 0 Å². The van der Waals surface area contributed by atoms with E-state index in [1.165, 1.54) is 0 Å². The van der Waals surface area contributed by atoms with Gasteiger partial charge in [-0.25, -0.2) is 0 Å². The first-order chi connectivity index (χ1) is 10.6. The second kappa shape index (κ2) is 6.29. The van der Waals surface area contributed by atoms with Crippen molar-refractivity contribution in [2.24, 2.45) is 5.92 Å². The molecule has 2 fully saturated rings. The van der Waals surface area contributed by atoms with E-state index in [-0.39, 0.29) is 17.7 Å². The Kier molecular flexibility index (Phi) is 4.39. The number of piperazine rings is 1. The number of carbonyl (C=O) groups excluding carboxylic acids is 2. The lowest BCUT2D eigenvalue weighted by atomic mass is 9.92. The van der Waals surface area contributed by atoms with Crippen molar-refractivity contribution in [3.8, 4) is 0 Å². The van der Waals surface area contributed by atoms with E-state index < -0.39 is 0 Å². The third-order valence-corrected chi connectivity index (χ3v) is 4.88. The van der Waals surface area contributed by atoms with E-state index in [2.05, 4.69) is 0 Å². The number of carbonyl (C=O) groups is 2. The molecule has 1 aromatic carbocycles. The van der Waals surface area contributed by atoms with Gasteiger partial charge in [0.15, 0.2) is 0 Å². The minimum Gasteiger partial charge on any atom is -0.339 e. The van der Waals surface area contributed by atoms with Crippen LogP contribution in [0, 0.1) is 5.92 Å². The summed E-state index contributed by atoms with van der Waals surface area (Å²) in [5, 5.41) is 0.695. The first kappa shape index (κ1) is 15.3. The fraction of sp³-hybridized carbons (Fsp3) is 0.529. The maximum Gasteiger partial charge on any atom is 0.230 e. The molecule has 0 bridgehead atoms. The van der Waals surface area contributed by atoms with Crippen LogP contribution in [0.1, 0.15) is 31.2 Å². The van der Waals surface area contributed by atoms with Crippen molar-refractivity contribution in [1.82, 2.24) is 9.80 Å². The Morgan fingerprint density at radius 2 is 1.59 bits per heavy atom. The Labute approximate surface area is 136 Å². The van der Waals surface area contributed by atoms with Crippen molar-refractivity contribution in [2.75, 3.05) is 26.2 Å². The highest BCUT2D eigenvalue weighted by Gasteiger charge is 2.39. The van der Waals surface area contributed by atoms with E-state index in [0.29, 0.717) is 37.1 Å². The van der Waals surface area contributed by atoms with Gasteiger partial charge in [-0.15, -0.1) is 0 Å². The standard InChI is InChI=1S/C17H21ClN2O2/c1-12(21)19-8-10-20(11-9-19)17(22)16(13-2-3-13)14-4-6-15(18)7-5-14/h4-7,13,16H,2-3,8-11H2,1H3. The minimum atomic E-state index is -0.0545. The van der Waals surface area contributed by atoms with E-state index in [9.17, 15) is 9.59 Å². The Bertz CT molecular complexity index is 561. The van der Waals surface area contributed by atoms with Crippen molar-refractivity contribution in [3.05, 3.63) is 34.9 Å². The van der Waals surface area contributed by atoms with Gasteiger partial charge in [0.1, 0.15) is 0 Å². The third-order valence-electron chi connectivity index (χ3n) is 4.63. The zero-order chi connectivity index (χ0) is 15.7. The monoisotopic (exact) mass is 320 g/mol. The molecule has 2 aliphatic rings. The summed E-state index contributed by atoms with van der Waals surface area (Å²) < 4.78 is 0. The number of halogens is 1. The smallest absolute Gasteiger partial charge is 0.230 e. The molecule has 1 aliphatic heterocycles. The molecule has 4 nitrogen and oxygen atoms in total. The largest absolute Gasteiger partial charge is 0.339 e. The molecule has 5 heteroatoms. The summed E-state index contributed by atoms with van der Waals surface area (Å²) in [7, 11) is 0. The summed E-state index contributed by atoms with van der Waals surface area (Å²) in [5.41, 5.74) is 1.06. The molecule has 0 N–H and O–H groups in total. The van der Waals surface area contributed by atoms with Crippen LogP contribution in [0.5, 0.6) is 0 Å². The zero-order valence-electron chi connectivity index (χ0n) is 12.8. The van der Waals surface area contributed by atoms with Crippen LogP contribution in [-0.2, 0) is 9.59 Å². The maximum absolute atomic E-state index is 12.9. The first-order valence-electron chi connectivity index (χ1n) is 7.86. The van der Waals surface area contributed by atoms with Crippen molar-refractivity contribution in [1.29, 1.82) is 0 Å². The topological polar surface area (TPSA) is 40.6 Å². The molecular weight excluding hydrogens is 300 g/mol. The summed E-state index contributed by atoms with van der Waals surface area (Å²) in [4.78, 5) is 28.0. The van der Waals surface area contributed by atoms with Crippen molar-refractivity contribution in [2.45, 2.75) is 25.7 Å². The Hall–Kier alpha value is -1.55. The molecule has 22 heavy (non-hydrogen) atoms. The van der Waals surface area contributed by atoms with Crippen LogP contribution < -0.4 is 0 Å². The van der Waals surface area contributed by atoms with Crippen LogP contribution in [-0.4, -0.2) is 47.8 Å². The number of hydrogen-bond acceptors (Lipinski definition) is 2. The molecule has 1 heterocycles. The van der Waals surface area contributed by atoms with E-state index in [1.54, 1.807) is 11.8 Å². The normalized spacial score (nSPS) is 19.9. The number of hydrogen-bond donors (Lipinski definition) is 0. The zero-order valence-corrected chi connectivity index (χ0v) is 13.6. The fourth-order valence-electron chi connectivity index (χ4n) is 3.15. The molecule has 1 aromatic rings. The number of rotatable bonds is 3. The summed E-state index contributed by atoms with van der Waals surface area (Å²) in [5.74, 6) is 0.692. The van der Waals surface area contributed by atoms with Gasteiger partial charge in [-0.3, -0.25) is 9.59 Å². The Morgan fingerprint density at radius 1 is 1.05 bits per heavy atom. The molecular formula is C17H21ClN2O2. The molecule has 118 valence electrons. The predicted molar refractivity (Wildman–Crippen MR) is 85.8 cm³/mol. The molecule has 0 aromatic heterocycles. The van der Waals surface area contributed by atoms with Gasteiger partial charge >= 0.3 is 0 Å². The van der Waals surface area contributed by atoms with Crippen LogP contribution >= 0.6 is 11.6 Å². The van der Waals surface area contributed by atoms with Gasteiger partial charge in [-0.2, -0.15) is 0 Å². The third kappa shape index (κ3) is 3.27. The highest BCUT2D eigenvalue weighted by molar-refractivity contribution is 6.30. The maximum atomic E-state index is 12.9. The van der Waals surface area contributed by atoms with E-state index in [4.69, 9.17) is 11.6 Å². The average Bonchev–Trinajstić information content (AvgIpc) is 3.34. The number of amides is 2. The molecule has 2 amide bonds. The van der Waals surface area contributed by atoms with Gasteiger partial charge < -0.3 is 9.80 Å². The lowest BCUT2D eigenvalue weighted by molar-refractivity contribution is -0.139. The number of nitrogens with zero attached hydrogens (tertiary/aromatic N) is 2. The van der Waals surface area contributed by atoms with Crippen LogP contribution in [0.2, 0.25) is 5.02 Å². The van der Waals surface area contributed by atoms with E-state index >= 15 is 0 Å². The molecule has 3 rings (SSSR count). The molecule has 0 radical (unpaired) electrons. The lowest BCUT2D eigenvalue weighted by Gasteiger charge is -2.36.